The summed E-state index contributed by atoms with van der Waals surface area (Å²) in [4.78, 5) is 14.8. The van der Waals surface area contributed by atoms with E-state index in [-0.39, 0.29) is 23.3 Å². The lowest BCUT2D eigenvalue weighted by molar-refractivity contribution is -0.141. The molecule has 3 aliphatic carbocycles. The van der Waals surface area contributed by atoms with Crippen molar-refractivity contribution in [2.75, 3.05) is 20.2 Å². The summed E-state index contributed by atoms with van der Waals surface area (Å²) in [6.45, 7) is 6.24. The van der Waals surface area contributed by atoms with Gasteiger partial charge >= 0.3 is 5.97 Å². The first kappa shape index (κ1) is 22.6. The number of piperidine rings is 1. The van der Waals surface area contributed by atoms with Crippen molar-refractivity contribution in [2.45, 2.75) is 88.1 Å². The van der Waals surface area contributed by atoms with Gasteiger partial charge in [-0.2, -0.15) is 0 Å². The van der Waals surface area contributed by atoms with Crippen LogP contribution in [0.3, 0.4) is 0 Å². The minimum atomic E-state index is -0.791. The summed E-state index contributed by atoms with van der Waals surface area (Å²) in [5, 5.41) is 24.2. The molecule has 1 saturated heterocycles. The summed E-state index contributed by atoms with van der Waals surface area (Å²) in [6, 6.07) is 3.72. The van der Waals surface area contributed by atoms with E-state index in [4.69, 9.17) is 9.47 Å². The average molecular weight is 471 g/mol. The Balaban J connectivity index is 1.34. The largest absolute Gasteiger partial charge is 0.504 e. The number of phenols is 1. The van der Waals surface area contributed by atoms with E-state index in [1.165, 1.54) is 11.1 Å². The van der Waals surface area contributed by atoms with E-state index in [1.54, 1.807) is 6.07 Å². The number of methoxy groups -OCH3 is 1. The van der Waals surface area contributed by atoms with Crippen LogP contribution >= 0.6 is 0 Å². The summed E-state index contributed by atoms with van der Waals surface area (Å²) in [5.74, 6) is 1.48. The summed E-state index contributed by atoms with van der Waals surface area (Å²) in [5.41, 5.74) is 2.38. The highest BCUT2D eigenvalue weighted by Crippen LogP contribution is 2.64. The Bertz CT molecular complexity index is 982. The summed E-state index contributed by atoms with van der Waals surface area (Å²) in [7, 11) is 1.82. The Morgan fingerprint density at radius 1 is 1.35 bits per heavy atom. The van der Waals surface area contributed by atoms with Gasteiger partial charge in [0.05, 0.1) is 6.10 Å². The minimum absolute atomic E-state index is 0.0395. The fraction of sp³-hybridized carbons (Fsp3) is 0.741. The van der Waals surface area contributed by atoms with Gasteiger partial charge in [0, 0.05) is 42.6 Å². The molecule has 1 aromatic carbocycles. The molecule has 0 aromatic heterocycles. The molecule has 186 valence electrons. The van der Waals surface area contributed by atoms with Crippen LogP contribution in [0.25, 0.3) is 0 Å². The Hall–Kier alpha value is -1.83. The maximum atomic E-state index is 12.1. The van der Waals surface area contributed by atoms with Crippen molar-refractivity contribution >= 4 is 5.97 Å². The molecule has 5 aliphatic rings. The topological polar surface area (TPSA) is 91.3 Å². The first-order chi connectivity index (χ1) is 16.3. The quantitative estimate of drug-likeness (QED) is 0.538. The molecule has 1 aromatic rings. The molecule has 8 atom stereocenters. The van der Waals surface area contributed by atoms with Crippen molar-refractivity contribution in [3.8, 4) is 11.5 Å². The number of likely N-dealkylation sites (tertiary alicyclic amines) is 1. The van der Waals surface area contributed by atoms with Crippen LogP contribution in [0.2, 0.25) is 0 Å². The second-order valence-corrected chi connectivity index (χ2v) is 11.8. The highest BCUT2D eigenvalue weighted by molar-refractivity contribution is 5.73. The molecule has 2 bridgehead atoms. The Kier molecular flexibility index (Phi) is 5.39. The number of hydrogen-bond donors (Lipinski definition) is 3. The number of nitrogens with one attached hydrogen (secondary N) is 1. The second kappa shape index (κ2) is 8.10. The van der Waals surface area contributed by atoms with E-state index < -0.39 is 12.0 Å². The van der Waals surface area contributed by atoms with Crippen molar-refractivity contribution in [3.63, 3.8) is 0 Å². The number of aromatic hydroxyl groups is 1. The van der Waals surface area contributed by atoms with Gasteiger partial charge in [0.15, 0.2) is 11.5 Å². The lowest BCUT2D eigenvalue weighted by atomic mass is 9.51. The van der Waals surface area contributed by atoms with E-state index in [0.29, 0.717) is 42.1 Å². The second-order valence-electron chi connectivity index (χ2n) is 11.8. The zero-order chi connectivity index (χ0) is 23.8. The number of benzene rings is 1. The summed E-state index contributed by atoms with van der Waals surface area (Å²) in [6.07, 6.45) is 5.97. The highest BCUT2D eigenvalue weighted by Gasteiger charge is 2.66. The molecule has 0 amide bonds. The van der Waals surface area contributed by atoms with Gasteiger partial charge in [0.25, 0.3) is 0 Å². The van der Waals surface area contributed by atoms with Crippen LogP contribution in [-0.4, -0.2) is 71.6 Å². The Morgan fingerprint density at radius 3 is 2.88 bits per heavy atom. The van der Waals surface area contributed by atoms with E-state index in [1.807, 2.05) is 7.11 Å². The number of phenolic OH excluding ortho intramolecular Hbond substituents is 1. The molecule has 2 unspecified atom stereocenters. The van der Waals surface area contributed by atoms with Crippen molar-refractivity contribution in [2.24, 2.45) is 17.8 Å². The maximum absolute atomic E-state index is 12.1. The van der Waals surface area contributed by atoms with Gasteiger partial charge in [0.2, 0.25) is 0 Å². The third kappa shape index (κ3) is 3.30. The highest BCUT2D eigenvalue weighted by atomic mass is 16.5. The fourth-order valence-electron chi connectivity index (χ4n) is 8.00. The lowest BCUT2D eigenvalue weighted by Gasteiger charge is -2.60. The molecule has 0 radical (unpaired) electrons. The van der Waals surface area contributed by atoms with E-state index in [9.17, 15) is 15.0 Å². The molecule has 34 heavy (non-hydrogen) atoms. The number of hydrogen-bond acceptors (Lipinski definition) is 6. The van der Waals surface area contributed by atoms with Crippen LogP contribution in [0.5, 0.6) is 11.5 Å². The molecule has 1 spiro atoms. The monoisotopic (exact) mass is 470 g/mol. The Morgan fingerprint density at radius 2 is 2.18 bits per heavy atom. The molecular formula is C27H38N2O5. The van der Waals surface area contributed by atoms with Crippen molar-refractivity contribution in [3.05, 3.63) is 23.3 Å². The number of aliphatic carboxylic acids is 1. The van der Waals surface area contributed by atoms with Crippen LogP contribution in [0.4, 0.5) is 0 Å². The number of ether oxygens (including phenoxy) is 2. The van der Waals surface area contributed by atoms with Crippen molar-refractivity contribution in [1.29, 1.82) is 0 Å². The fourth-order valence-corrected chi connectivity index (χ4v) is 8.00. The predicted octanol–water partition coefficient (Wildman–Crippen LogP) is 2.92. The standard InChI is InChI=1S/C27H38N2O5/c1-14(2)10-19(26(31)32)28-18-6-5-17-20-11-15-4-7-21(30)24-23(15)27(17,25(18)34-24)8-9-29(20)13-16-12-22(16)33-3/h4,7,14,16-20,22,25,28,30H,5-6,8-13H2,1-3H3,(H,31,32)/t16?,17-,18-,19-,20+,22?,25-,27-/m0/s1. The van der Waals surface area contributed by atoms with Crippen molar-refractivity contribution < 1.29 is 24.5 Å². The predicted molar refractivity (Wildman–Crippen MR) is 127 cm³/mol. The first-order valence-electron chi connectivity index (χ1n) is 13.1. The number of carbonyl (C=O) groups is 1. The van der Waals surface area contributed by atoms with Crippen LogP contribution in [-0.2, 0) is 21.4 Å². The normalized spacial score (nSPS) is 38.4. The third-order valence-corrected chi connectivity index (χ3v) is 9.48. The average Bonchev–Trinajstić information content (AvgIpc) is 3.46. The van der Waals surface area contributed by atoms with Gasteiger partial charge in [-0.3, -0.25) is 15.0 Å². The molecular weight excluding hydrogens is 432 g/mol. The van der Waals surface area contributed by atoms with Gasteiger partial charge in [0.1, 0.15) is 12.1 Å². The van der Waals surface area contributed by atoms with Gasteiger partial charge in [-0.1, -0.05) is 19.9 Å². The minimum Gasteiger partial charge on any atom is -0.504 e. The van der Waals surface area contributed by atoms with Gasteiger partial charge in [-0.25, -0.2) is 0 Å². The number of carboxylic acids is 1. The van der Waals surface area contributed by atoms with Crippen LogP contribution in [0.1, 0.15) is 57.1 Å². The summed E-state index contributed by atoms with van der Waals surface area (Å²) >= 11 is 0. The number of carboxylic acid groups (broad SMARTS) is 1. The van der Waals surface area contributed by atoms with Crippen LogP contribution in [0.15, 0.2) is 12.1 Å². The van der Waals surface area contributed by atoms with Gasteiger partial charge < -0.3 is 19.7 Å². The van der Waals surface area contributed by atoms with Crippen molar-refractivity contribution in [1.82, 2.24) is 10.2 Å². The molecule has 3 N–H and O–H groups in total. The van der Waals surface area contributed by atoms with Crippen LogP contribution < -0.4 is 10.1 Å². The van der Waals surface area contributed by atoms with E-state index in [0.717, 1.165) is 45.2 Å². The third-order valence-electron chi connectivity index (χ3n) is 9.48. The number of nitrogens with zero attached hydrogens (tertiary/aromatic N) is 1. The number of rotatable bonds is 8. The van der Waals surface area contributed by atoms with Gasteiger partial charge in [-0.05, 0) is 68.5 Å². The smallest absolute Gasteiger partial charge is 0.320 e. The molecule has 7 nitrogen and oxygen atoms in total. The molecule has 6 rings (SSSR count). The van der Waals surface area contributed by atoms with E-state index >= 15 is 0 Å². The maximum Gasteiger partial charge on any atom is 0.320 e. The van der Waals surface area contributed by atoms with E-state index in [2.05, 4.69) is 30.1 Å². The molecule has 2 heterocycles. The zero-order valence-electron chi connectivity index (χ0n) is 20.5. The first-order valence-corrected chi connectivity index (χ1v) is 13.1. The summed E-state index contributed by atoms with van der Waals surface area (Å²) < 4.78 is 12.2. The van der Waals surface area contributed by atoms with Crippen LogP contribution in [0, 0.1) is 17.8 Å². The molecule has 2 saturated carbocycles. The molecule has 2 aliphatic heterocycles. The lowest BCUT2D eigenvalue weighted by Crippen LogP contribution is -2.69. The Labute approximate surface area is 201 Å². The SMILES string of the molecule is COC1CC1CN1CC[C@]23c4c5ccc(O)c4O[C@H]2[C@@H](N[C@@H](CC(C)C)C(=O)O)CC[C@H]3[C@H]1C5. The zero-order valence-corrected chi connectivity index (χ0v) is 20.5. The molecule has 7 heteroatoms. The molecule has 3 fully saturated rings. The van der Waals surface area contributed by atoms with Gasteiger partial charge in [-0.15, -0.1) is 0 Å².